The molecule has 1 aromatic rings. The van der Waals surface area contributed by atoms with Crippen molar-refractivity contribution in [3.63, 3.8) is 0 Å². The fourth-order valence-corrected chi connectivity index (χ4v) is 3.17. The van der Waals surface area contributed by atoms with Crippen molar-refractivity contribution in [3.05, 3.63) is 29.6 Å². The average Bonchev–Trinajstić information content (AvgIpc) is 2.40. The van der Waals surface area contributed by atoms with E-state index in [0.717, 1.165) is 43.4 Å². The third kappa shape index (κ3) is 3.04. The second-order valence-corrected chi connectivity index (χ2v) is 5.45. The number of hydrogen-bond acceptors (Lipinski definition) is 2. The van der Waals surface area contributed by atoms with Crippen molar-refractivity contribution in [1.82, 2.24) is 0 Å². The summed E-state index contributed by atoms with van der Waals surface area (Å²) in [5.41, 5.74) is 1.22. The normalized spacial score (nSPS) is 18.6. The summed E-state index contributed by atoms with van der Waals surface area (Å²) in [7, 11) is 1.48. The van der Waals surface area contributed by atoms with Crippen LogP contribution in [0.1, 0.15) is 18.4 Å². The van der Waals surface area contributed by atoms with Crippen LogP contribution in [0.3, 0.4) is 0 Å². The van der Waals surface area contributed by atoms with E-state index >= 15 is 0 Å². The molecule has 0 amide bonds. The van der Waals surface area contributed by atoms with Crippen LogP contribution < -0.4 is 4.74 Å². The quantitative estimate of drug-likeness (QED) is 0.791. The Kier molecular flexibility index (Phi) is 4.62. The number of rotatable bonds is 4. The molecule has 2 rings (SSSR count). The summed E-state index contributed by atoms with van der Waals surface area (Å²) in [6.07, 6.45) is 2.92. The van der Waals surface area contributed by atoms with Crippen LogP contribution in [0.2, 0.25) is 0 Å². The first-order valence-corrected chi connectivity index (χ1v) is 7.27. The van der Waals surface area contributed by atoms with Crippen LogP contribution in [-0.4, -0.2) is 25.7 Å². The van der Waals surface area contributed by atoms with Gasteiger partial charge in [-0.3, -0.25) is 0 Å². The largest absolute Gasteiger partial charge is 0.494 e. The lowest BCUT2D eigenvalue weighted by Crippen LogP contribution is -2.33. The first kappa shape index (κ1) is 13.8. The Labute approximate surface area is 116 Å². The SMILES string of the molecule is COc1ccc(CC2(CBr)CCOCC2)cc1F. The molecule has 1 fully saturated rings. The van der Waals surface area contributed by atoms with Crippen molar-refractivity contribution in [1.29, 1.82) is 0 Å². The molecule has 4 heteroatoms. The molecule has 0 saturated carbocycles. The molecular formula is C14H18BrFO2. The van der Waals surface area contributed by atoms with E-state index in [1.165, 1.54) is 7.11 Å². The molecule has 1 aliphatic heterocycles. The highest BCUT2D eigenvalue weighted by Gasteiger charge is 2.31. The number of ether oxygens (including phenoxy) is 2. The van der Waals surface area contributed by atoms with Gasteiger partial charge in [0.05, 0.1) is 7.11 Å². The Morgan fingerprint density at radius 2 is 2.11 bits per heavy atom. The summed E-state index contributed by atoms with van der Waals surface area (Å²) in [4.78, 5) is 0. The van der Waals surface area contributed by atoms with Crippen molar-refractivity contribution in [2.45, 2.75) is 19.3 Å². The van der Waals surface area contributed by atoms with Gasteiger partial charge in [0.15, 0.2) is 11.6 Å². The monoisotopic (exact) mass is 316 g/mol. The van der Waals surface area contributed by atoms with E-state index in [1.54, 1.807) is 12.1 Å². The second-order valence-electron chi connectivity index (χ2n) is 4.89. The van der Waals surface area contributed by atoms with Gasteiger partial charge < -0.3 is 9.47 Å². The molecule has 0 N–H and O–H groups in total. The lowest BCUT2D eigenvalue weighted by Gasteiger charge is -2.35. The van der Waals surface area contributed by atoms with E-state index in [0.29, 0.717) is 5.75 Å². The minimum atomic E-state index is -0.285. The first-order valence-electron chi connectivity index (χ1n) is 6.15. The highest BCUT2D eigenvalue weighted by molar-refractivity contribution is 9.09. The smallest absolute Gasteiger partial charge is 0.165 e. The first-order chi connectivity index (χ1) is 8.69. The van der Waals surface area contributed by atoms with Gasteiger partial charge in [0.2, 0.25) is 0 Å². The summed E-state index contributed by atoms with van der Waals surface area (Å²) < 4.78 is 24.0. The fraction of sp³-hybridized carbons (Fsp3) is 0.571. The average molecular weight is 317 g/mol. The summed E-state index contributed by atoms with van der Waals surface area (Å²) in [5.74, 6) is 0.0189. The van der Waals surface area contributed by atoms with E-state index in [1.807, 2.05) is 6.07 Å². The number of hydrogen-bond donors (Lipinski definition) is 0. The molecule has 0 bridgehead atoms. The van der Waals surface area contributed by atoms with E-state index in [-0.39, 0.29) is 11.2 Å². The van der Waals surface area contributed by atoms with Crippen LogP contribution in [0.25, 0.3) is 0 Å². The molecule has 2 nitrogen and oxygen atoms in total. The number of methoxy groups -OCH3 is 1. The van der Waals surface area contributed by atoms with Crippen molar-refractivity contribution in [3.8, 4) is 5.75 Å². The van der Waals surface area contributed by atoms with Crippen LogP contribution in [-0.2, 0) is 11.2 Å². The predicted molar refractivity (Wildman–Crippen MR) is 72.9 cm³/mol. The van der Waals surface area contributed by atoms with Crippen LogP contribution in [0.5, 0.6) is 5.75 Å². The predicted octanol–water partition coefficient (Wildman–Crippen LogP) is 3.57. The molecule has 0 aliphatic carbocycles. The standard InChI is InChI=1S/C14H18BrFO2/c1-17-13-3-2-11(8-12(13)16)9-14(10-15)4-6-18-7-5-14/h2-3,8H,4-7,9-10H2,1H3. The third-order valence-corrected chi connectivity index (χ3v) is 4.82. The number of alkyl halides is 1. The lowest BCUT2D eigenvalue weighted by atomic mass is 9.77. The summed E-state index contributed by atoms with van der Waals surface area (Å²) in [6, 6.07) is 5.23. The van der Waals surface area contributed by atoms with Crippen LogP contribution in [0, 0.1) is 11.2 Å². The molecule has 0 atom stereocenters. The van der Waals surface area contributed by atoms with Crippen molar-refractivity contribution >= 4 is 15.9 Å². The number of halogens is 2. The molecule has 18 heavy (non-hydrogen) atoms. The van der Waals surface area contributed by atoms with Crippen LogP contribution >= 0.6 is 15.9 Å². The molecule has 1 aromatic carbocycles. The molecule has 1 heterocycles. The Balaban J connectivity index is 2.14. The van der Waals surface area contributed by atoms with E-state index in [9.17, 15) is 4.39 Å². The van der Waals surface area contributed by atoms with Gasteiger partial charge in [0, 0.05) is 18.5 Å². The Bertz CT molecular complexity index is 403. The van der Waals surface area contributed by atoms with Crippen LogP contribution in [0.15, 0.2) is 18.2 Å². The van der Waals surface area contributed by atoms with Gasteiger partial charge in [-0.1, -0.05) is 22.0 Å². The third-order valence-electron chi connectivity index (χ3n) is 3.63. The van der Waals surface area contributed by atoms with E-state index in [4.69, 9.17) is 9.47 Å². The fourth-order valence-electron chi connectivity index (χ4n) is 2.41. The van der Waals surface area contributed by atoms with Crippen molar-refractivity contribution < 1.29 is 13.9 Å². The minimum Gasteiger partial charge on any atom is -0.494 e. The van der Waals surface area contributed by atoms with Gasteiger partial charge in [0.1, 0.15) is 0 Å². The van der Waals surface area contributed by atoms with E-state index < -0.39 is 0 Å². The van der Waals surface area contributed by atoms with Crippen molar-refractivity contribution in [2.24, 2.45) is 5.41 Å². The maximum absolute atomic E-state index is 13.7. The summed E-state index contributed by atoms with van der Waals surface area (Å²) in [6.45, 7) is 1.59. The minimum absolute atomic E-state index is 0.194. The summed E-state index contributed by atoms with van der Waals surface area (Å²) in [5, 5.41) is 0.928. The molecular weight excluding hydrogens is 299 g/mol. The Morgan fingerprint density at radius 3 is 2.67 bits per heavy atom. The molecule has 0 spiro atoms. The molecule has 0 unspecified atom stereocenters. The molecule has 0 aromatic heterocycles. The maximum atomic E-state index is 13.7. The van der Waals surface area contributed by atoms with Gasteiger partial charge in [-0.15, -0.1) is 0 Å². The van der Waals surface area contributed by atoms with Gasteiger partial charge in [-0.05, 0) is 42.4 Å². The van der Waals surface area contributed by atoms with Crippen molar-refractivity contribution in [2.75, 3.05) is 25.7 Å². The second kappa shape index (κ2) is 6.02. The lowest BCUT2D eigenvalue weighted by molar-refractivity contribution is 0.0269. The zero-order valence-corrected chi connectivity index (χ0v) is 12.1. The Hall–Kier alpha value is -0.610. The highest BCUT2D eigenvalue weighted by Crippen LogP contribution is 2.36. The Morgan fingerprint density at radius 1 is 1.39 bits per heavy atom. The van der Waals surface area contributed by atoms with Crippen LogP contribution in [0.4, 0.5) is 4.39 Å². The van der Waals surface area contributed by atoms with Gasteiger partial charge in [0.25, 0.3) is 0 Å². The molecule has 0 radical (unpaired) electrons. The van der Waals surface area contributed by atoms with E-state index in [2.05, 4.69) is 15.9 Å². The zero-order valence-electron chi connectivity index (χ0n) is 10.5. The highest BCUT2D eigenvalue weighted by atomic mass is 79.9. The summed E-state index contributed by atoms with van der Waals surface area (Å²) >= 11 is 3.60. The molecule has 1 saturated heterocycles. The maximum Gasteiger partial charge on any atom is 0.165 e. The zero-order chi connectivity index (χ0) is 13.0. The molecule has 100 valence electrons. The van der Waals surface area contributed by atoms with Gasteiger partial charge >= 0.3 is 0 Å². The van der Waals surface area contributed by atoms with Gasteiger partial charge in [-0.2, -0.15) is 0 Å². The van der Waals surface area contributed by atoms with Gasteiger partial charge in [-0.25, -0.2) is 4.39 Å². The molecule has 1 aliphatic rings. The topological polar surface area (TPSA) is 18.5 Å². The number of benzene rings is 1.